The number of carbonyl (C=O) groups excluding carboxylic acids is 2. The first-order chi connectivity index (χ1) is 17.9. The number of benzene rings is 2. The number of nitrogens with one attached hydrogen (secondary N) is 2. The van der Waals surface area contributed by atoms with E-state index < -0.39 is 15.6 Å². The van der Waals surface area contributed by atoms with Gasteiger partial charge < -0.3 is 19.7 Å². The van der Waals surface area contributed by atoms with Crippen LogP contribution in [-0.2, 0) is 21.3 Å². The highest BCUT2D eigenvalue weighted by Crippen LogP contribution is 2.31. The van der Waals surface area contributed by atoms with Crippen molar-refractivity contribution in [2.24, 2.45) is 0 Å². The van der Waals surface area contributed by atoms with Gasteiger partial charge in [-0.2, -0.15) is 0 Å². The lowest BCUT2D eigenvalue weighted by Crippen LogP contribution is -2.37. The third-order valence-corrected chi connectivity index (χ3v) is 7.77. The third kappa shape index (κ3) is 6.86. The second-order valence-corrected chi connectivity index (χ2v) is 12.4. The molecule has 0 bridgehead atoms. The Balaban J connectivity index is 1.57. The Bertz CT molecular complexity index is 1340. The Morgan fingerprint density at radius 3 is 2.47 bits per heavy atom. The van der Waals surface area contributed by atoms with Crippen LogP contribution < -0.4 is 14.8 Å². The van der Waals surface area contributed by atoms with Gasteiger partial charge in [0.25, 0.3) is 5.91 Å². The molecule has 2 N–H and O–H groups in total. The minimum absolute atomic E-state index is 0.00769. The second kappa shape index (κ2) is 11.1. The summed E-state index contributed by atoms with van der Waals surface area (Å²) in [5.41, 5.74) is 4.48. The highest BCUT2D eigenvalue weighted by atomic mass is 32.2. The molecule has 0 fully saturated rings. The number of amides is 2. The fraction of sp³-hybridized carbons (Fsp3) is 0.429. The highest BCUT2D eigenvalue weighted by Gasteiger charge is 2.26. The molecule has 204 valence electrons. The van der Waals surface area contributed by atoms with Crippen molar-refractivity contribution in [3.63, 3.8) is 0 Å². The van der Waals surface area contributed by atoms with Crippen molar-refractivity contribution in [1.29, 1.82) is 0 Å². The van der Waals surface area contributed by atoms with Crippen LogP contribution in [0.4, 0.5) is 10.5 Å². The van der Waals surface area contributed by atoms with E-state index in [1.807, 2.05) is 45.0 Å². The molecule has 38 heavy (non-hydrogen) atoms. The zero-order chi connectivity index (χ0) is 27.5. The molecule has 0 aliphatic carbocycles. The van der Waals surface area contributed by atoms with E-state index in [2.05, 4.69) is 10.0 Å². The van der Waals surface area contributed by atoms with E-state index in [9.17, 15) is 18.0 Å². The first-order valence-electron chi connectivity index (χ1n) is 12.8. The van der Waals surface area contributed by atoms with Gasteiger partial charge in [0.1, 0.15) is 18.0 Å². The zero-order valence-electron chi connectivity index (χ0n) is 22.3. The number of rotatable bonds is 7. The maximum Gasteiger partial charge on any atom is 0.410 e. The summed E-state index contributed by atoms with van der Waals surface area (Å²) in [6.07, 6.45) is 0.822. The SMILES string of the molecule is CCS(=O)(=O)Nc1ccc(C2=C(COc3ccc4c(c3)C(=O)NC4)CCN(C(=O)OC(C)(C)C)CC2)cc1. The highest BCUT2D eigenvalue weighted by molar-refractivity contribution is 7.92. The van der Waals surface area contributed by atoms with Gasteiger partial charge in [-0.15, -0.1) is 0 Å². The Kier molecular flexibility index (Phi) is 8.01. The molecule has 2 aromatic rings. The maximum atomic E-state index is 12.8. The normalized spacial score (nSPS) is 16.0. The van der Waals surface area contributed by atoms with Gasteiger partial charge in [-0.25, -0.2) is 13.2 Å². The van der Waals surface area contributed by atoms with Crippen LogP contribution in [0.25, 0.3) is 5.57 Å². The van der Waals surface area contributed by atoms with Crippen molar-refractivity contribution >= 4 is 33.3 Å². The average Bonchev–Trinajstić information content (AvgIpc) is 3.09. The molecule has 0 unspecified atom stereocenters. The van der Waals surface area contributed by atoms with Gasteiger partial charge in [-0.05, 0) is 87.1 Å². The smallest absolute Gasteiger partial charge is 0.410 e. The van der Waals surface area contributed by atoms with Crippen molar-refractivity contribution in [3.8, 4) is 5.75 Å². The molecule has 10 heteroatoms. The molecule has 2 aliphatic rings. The summed E-state index contributed by atoms with van der Waals surface area (Å²) in [6, 6.07) is 12.8. The van der Waals surface area contributed by atoms with Crippen LogP contribution in [0.1, 0.15) is 62.0 Å². The number of anilines is 1. The van der Waals surface area contributed by atoms with Gasteiger partial charge >= 0.3 is 6.09 Å². The maximum absolute atomic E-state index is 12.8. The van der Waals surface area contributed by atoms with E-state index in [4.69, 9.17) is 9.47 Å². The summed E-state index contributed by atoms with van der Waals surface area (Å²) in [4.78, 5) is 26.6. The lowest BCUT2D eigenvalue weighted by Gasteiger charge is -2.26. The molecule has 2 aliphatic heterocycles. The molecule has 2 heterocycles. The molecule has 0 saturated carbocycles. The molecule has 0 spiro atoms. The predicted octanol–water partition coefficient (Wildman–Crippen LogP) is 4.56. The average molecular weight is 542 g/mol. The topological polar surface area (TPSA) is 114 Å². The quantitative estimate of drug-likeness (QED) is 0.531. The fourth-order valence-corrected chi connectivity index (χ4v) is 5.06. The summed E-state index contributed by atoms with van der Waals surface area (Å²) in [6.45, 7) is 8.90. The van der Waals surface area contributed by atoms with Gasteiger partial charge in [0.05, 0.1) is 5.75 Å². The van der Waals surface area contributed by atoms with E-state index in [-0.39, 0.29) is 17.8 Å². The summed E-state index contributed by atoms with van der Waals surface area (Å²) in [5, 5.41) is 2.81. The Morgan fingerprint density at radius 2 is 1.79 bits per heavy atom. The molecule has 2 aromatic carbocycles. The standard InChI is InChI=1S/C28H35N3O6S/c1-5-38(34,35)30-22-9-6-19(7-10-22)24-13-15-31(27(33)37-28(2,3)4)14-12-21(24)18-36-23-11-8-20-17-29-26(32)25(20)16-23/h6-11,16,30H,5,12-15,17-18H2,1-4H3,(H,29,32). The van der Waals surface area contributed by atoms with Crippen LogP contribution in [0.3, 0.4) is 0 Å². The van der Waals surface area contributed by atoms with Gasteiger partial charge in [0.2, 0.25) is 10.0 Å². The second-order valence-electron chi connectivity index (χ2n) is 10.4. The van der Waals surface area contributed by atoms with Gasteiger partial charge in [0.15, 0.2) is 0 Å². The van der Waals surface area contributed by atoms with Crippen molar-refractivity contribution < 1.29 is 27.5 Å². The van der Waals surface area contributed by atoms with E-state index in [0.717, 1.165) is 22.3 Å². The third-order valence-electron chi connectivity index (χ3n) is 6.46. The van der Waals surface area contributed by atoms with E-state index >= 15 is 0 Å². The van der Waals surface area contributed by atoms with Crippen LogP contribution in [0.5, 0.6) is 5.75 Å². The number of hydrogen-bond acceptors (Lipinski definition) is 6. The van der Waals surface area contributed by atoms with Crippen molar-refractivity contribution in [3.05, 3.63) is 64.7 Å². The van der Waals surface area contributed by atoms with Gasteiger partial charge in [-0.3, -0.25) is 9.52 Å². The lowest BCUT2D eigenvalue weighted by molar-refractivity contribution is 0.0259. The summed E-state index contributed by atoms with van der Waals surface area (Å²) in [7, 11) is -3.37. The monoisotopic (exact) mass is 541 g/mol. The molecule has 0 saturated heterocycles. The largest absolute Gasteiger partial charge is 0.489 e. The summed E-state index contributed by atoms with van der Waals surface area (Å²) in [5.74, 6) is 0.489. The fourth-order valence-electron chi connectivity index (χ4n) is 4.42. The minimum atomic E-state index is -3.37. The van der Waals surface area contributed by atoms with Gasteiger partial charge in [0, 0.05) is 30.9 Å². The van der Waals surface area contributed by atoms with Gasteiger partial charge in [-0.1, -0.05) is 18.2 Å². The molecule has 2 amide bonds. The Hall–Kier alpha value is -3.53. The van der Waals surface area contributed by atoms with Crippen molar-refractivity contribution in [2.45, 2.75) is 52.7 Å². The number of ether oxygens (including phenoxy) is 2. The Morgan fingerprint density at radius 1 is 1.08 bits per heavy atom. The number of fused-ring (bicyclic) bond motifs is 1. The molecule has 0 atom stereocenters. The number of nitrogens with zero attached hydrogens (tertiary/aromatic N) is 1. The van der Waals surface area contributed by atoms with Crippen LogP contribution in [-0.4, -0.2) is 56.4 Å². The first kappa shape index (κ1) is 27.5. The molecule has 0 aromatic heterocycles. The molecular weight excluding hydrogens is 506 g/mol. The molecule has 0 radical (unpaired) electrons. The van der Waals surface area contributed by atoms with E-state index in [1.165, 1.54) is 0 Å². The number of hydrogen-bond donors (Lipinski definition) is 2. The molecule has 4 rings (SSSR count). The Labute approximate surface area is 224 Å². The lowest BCUT2D eigenvalue weighted by atomic mass is 9.96. The molecular formula is C28H35N3O6S. The predicted molar refractivity (Wildman–Crippen MR) is 147 cm³/mol. The molecule has 9 nitrogen and oxygen atoms in total. The minimum Gasteiger partial charge on any atom is -0.489 e. The van der Waals surface area contributed by atoms with Crippen LogP contribution in [0.2, 0.25) is 0 Å². The van der Waals surface area contributed by atoms with Crippen LogP contribution >= 0.6 is 0 Å². The summed E-state index contributed by atoms with van der Waals surface area (Å²) < 4.78 is 38.2. The van der Waals surface area contributed by atoms with Crippen molar-refractivity contribution in [1.82, 2.24) is 10.2 Å². The van der Waals surface area contributed by atoms with Crippen LogP contribution in [0.15, 0.2) is 48.0 Å². The zero-order valence-corrected chi connectivity index (χ0v) is 23.1. The van der Waals surface area contributed by atoms with E-state index in [0.29, 0.717) is 56.1 Å². The number of sulfonamides is 1. The number of carbonyl (C=O) groups is 2. The van der Waals surface area contributed by atoms with Crippen molar-refractivity contribution in [2.75, 3.05) is 30.2 Å². The summed E-state index contributed by atoms with van der Waals surface area (Å²) >= 11 is 0. The van der Waals surface area contributed by atoms with E-state index in [1.54, 1.807) is 30.0 Å². The first-order valence-corrected chi connectivity index (χ1v) is 14.4. The van der Waals surface area contributed by atoms with Crippen LogP contribution in [0, 0.1) is 0 Å².